The molecule has 3 heterocycles. The average Bonchev–Trinajstić information content (AvgIpc) is 3.27. The largest absolute Gasteiger partial charge is 0.451 e. The first-order valence-corrected chi connectivity index (χ1v) is 13.0. The molecule has 2 N–H and O–H groups in total. The summed E-state index contributed by atoms with van der Waals surface area (Å²) in [4.78, 5) is 55.7. The molecule has 10 heteroatoms. The summed E-state index contributed by atoms with van der Waals surface area (Å²) in [7, 11) is 0. The number of morpholine rings is 1. The molecule has 200 valence electrons. The van der Waals surface area contributed by atoms with Crippen LogP contribution < -0.4 is 10.6 Å². The zero-order valence-electron chi connectivity index (χ0n) is 21.7. The zero-order chi connectivity index (χ0) is 26.5. The summed E-state index contributed by atoms with van der Waals surface area (Å²) in [6, 6.07) is 7.07. The van der Waals surface area contributed by atoms with Crippen LogP contribution in [-0.2, 0) is 14.3 Å². The van der Waals surface area contributed by atoms with E-state index in [2.05, 4.69) is 10.6 Å². The van der Waals surface area contributed by atoms with Gasteiger partial charge in [-0.15, -0.1) is 0 Å². The number of carbonyl (C=O) groups is 4. The number of carbonyl (C=O) groups excluding carboxylic acids is 4. The van der Waals surface area contributed by atoms with Gasteiger partial charge >= 0.3 is 6.03 Å². The first-order chi connectivity index (χ1) is 17.7. The van der Waals surface area contributed by atoms with Crippen LogP contribution in [-0.4, -0.2) is 84.4 Å². The topological polar surface area (TPSA) is 121 Å². The Bertz CT molecular complexity index is 1110. The highest BCUT2D eigenvalue weighted by molar-refractivity contribution is 5.99. The number of nitrogens with zero attached hydrogens (tertiary/aromatic N) is 2. The molecule has 0 aliphatic carbocycles. The smallest absolute Gasteiger partial charge is 0.320 e. The van der Waals surface area contributed by atoms with Crippen molar-refractivity contribution in [2.45, 2.75) is 58.2 Å². The van der Waals surface area contributed by atoms with Crippen LogP contribution in [0, 0.1) is 5.92 Å². The SMILES string of the molecule is CC(C)C[C@H](NC(=O)c1cc2ccccc2o1)C(=O)N[C@H]1CC[C@@H](C)N(C(=O)N2CCOCC2)CC1=O. The number of para-hydroxylation sites is 1. The number of amides is 4. The number of benzene rings is 1. The second-order valence-corrected chi connectivity index (χ2v) is 10.3. The highest BCUT2D eigenvalue weighted by Gasteiger charge is 2.36. The maximum atomic E-state index is 13.3. The molecule has 0 spiro atoms. The quantitative estimate of drug-likeness (QED) is 0.614. The van der Waals surface area contributed by atoms with Crippen molar-refractivity contribution in [3.63, 3.8) is 0 Å². The number of hydrogen-bond acceptors (Lipinski definition) is 6. The van der Waals surface area contributed by atoms with Crippen LogP contribution in [0.3, 0.4) is 0 Å². The van der Waals surface area contributed by atoms with E-state index >= 15 is 0 Å². The van der Waals surface area contributed by atoms with Gasteiger partial charge in [-0.25, -0.2) is 4.79 Å². The van der Waals surface area contributed by atoms with Gasteiger partial charge in [0.1, 0.15) is 11.6 Å². The average molecular weight is 513 g/mol. The summed E-state index contributed by atoms with van der Waals surface area (Å²) in [5, 5.41) is 6.43. The Balaban J connectivity index is 1.41. The Hall–Kier alpha value is -3.40. The summed E-state index contributed by atoms with van der Waals surface area (Å²) < 4.78 is 11.0. The molecule has 2 aliphatic heterocycles. The standard InChI is InChI=1S/C27H36N4O6/c1-17(2)14-21(29-26(34)24-15-19-6-4-5-7-23(19)37-24)25(33)28-20-9-8-18(3)31(16-22(20)32)27(35)30-10-12-36-13-11-30/h4-7,15,17-18,20-21H,8-14,16H2,1-3H3,(H,28,33)(H,29,34)/t18-,20+,21+/m1/s1. The van der Waals surface area contributed by atoms with Gasteiger partial charge in [-0.2, -0.15) is 0 Å². The number of rotatable bonds is 6. The lowest BCUT2D eigenvalue weighted by Crippen LogP contribution is -2.54. The summed E-state index contributed by atoms with van der Waals surface area (Å²) >= 11 is 0. The molecular formula is C27H36N4O6. The van der Waals surface area contributed by atoms with Gasteiger partial charge in [-0.3, -0.25) is 14.4 Å². The van der Waals surface area contributed by atoms with Crippen molar-refractivity contribution < 1.29 is 28.3 Å². The van der Waals surface area contributed by atoms with Gasteiger partial charge in [-0.05, 0) is 44.2 Å². The number of fused-ring (bicyclic) bond motifs is 1. The van der Waals surface area contributed by atoms with Crippen LogP contribution in [0.1, 0.15) is 50.6 Å². The van der Waals surface area contributed by atoms with E-state index in [1.54, 1.807) is 21.9 Å². The minimum atomic E-state index is -0.833. The minimum Gasteiger partial charge on any atom is -0.451 e. The van der Waals surface area contributed by atoms with Gasteiger partial charge in [-0.1, -0.05) is 32.0 Å². The molecule has 1 aromatic heterocycles. The number of ether oxygens (including phenoxy) is 1. The molecule has 0 saturated carbocycles. The Morgan fingerprint density at radius 1 is 1.11 bits per heavy atom. The molecule has 2 aromatic rings. The molecule has 0 bridgehead atoms. The normalized spacial score (nSPS) is 21.6. The number of urea groups is 1. The van der Waals surface area contributed by atoms with Crippen LogP contribution in [0.4, 0.5) is 4.79 Å². The maximum absolute atomic E-state index is 13.3. The van der Waals surface area contributed by atoms with Crippen molar-refractivity contribution in [1.82, 2.24) is 20.4 Å². The predicted octanol–water partition coefficient (Wildman–Crippen LogP) is 2.57. The Morgan fingerprint density at radius 2 is 1.84 bits per heavy atom. The lowest BCUT2D eigenvalue weighted by atomic mass is 10.0. The molecule has 4 amide bonds. The summed E-state index contributed by atoms with van der Waals surface area (Å²) in [6.07, 6.45) is 1.40. The molecule has 1 aromatic carbocycles. The fraction of sp³-hybridized carbons (Fsp3) is 0.556. The van der Waals surface area contributed by atoms with Crippen molar-refractivity contribution in [3.8, 4) is 0 Å². The fourth-order valence-corrected chi connectivity index (χ4v) is 4.80. The Morgan fingerprint density at radius 3 is 2.54 bits per heavy atom. The minimum absolute atomic E-state index is 0.0670. The summed E-state index contributed by atoms with van der Waals surface area (Å²) in [5.41, 5.74) is 0.590. The van der Waals surface area contributed by atoms with E-state index in [-0.39, 0.29) is 36.1 Å². The van der Waals surface area contributed by atoms with Crippen molar-refractivity contribution in [2.24, 2.45) is 5.92 Å². The number of furan rings is 1. The van der Waals surface area contributed by atoms with Gasteiger partial charge in [0.15, 0.2) is 11.5 Å². The molecule has 10 nitrogen and oxygen atoms in total. The van der Waals surface area contributed by atoms with E-state index in [1.165, 1.54) is 0 Å². The van der Waals surface area contributed by atoms with Crippen LogP contribution in [0.15, 0.2) is 34.7 Å². The third kappa shape index (κ3) is 6.49. The lowest BCUT2D eigenvalue weighted by Gasteiger charge is -2.34. The number of nitrogens with one attached hydrogen (secondary N) is 2. The molecule has 2 aliphatic rings. The summed E-state index contributed by atoms with van der Waals surface area (Å²) in [5.74, 6) is -0.874. The fourth-order valence-electron chi connectivity index (χ4n) is 4.80. The van der Waals surface area contributed by atoms with Crippen LogP contribution in [0.25, 0.3) is 11.0 Å². The lowest BCUT2D eigenvalue weighted by molar-refractivity contribution is -0.129. The zero-order valence-corrected chi connectivity index (χ0v) is 21.7. The van der Waals surface area contributed by atoms with Crippen LogP contribution in [0.5, 0.6) is 0 Å². The second kappa shape index (κ2) is 11.8. The van der Waals surface area contributed by atoms with Gasteiger partial charge < -0.3 is 29.6 Å². The molecule has 2 saturated heterocycles. The molecule has 3 atom stereocenters. The molecule has 37 heavy (non-hydrogen) atoms. The van der Waals surface area contributed by atoms with E-state index < -0.39 is 23.9 Å². The molecule has 0 unspecified atom stereocenters. The Labute approximate surface area is 216 Å². The number of hydrogen-bond donors (Lipinski definition) is 2. The van der Waals surface area contributed by atoms with Crippen LogP contribution in [0.2, 0.25) is 0 Å². The number of likely N-dealkylation sites (tertiary alicyclic amines) is 1. The van der Waals surface area contributed by atoms with E-state index in [0.29, 0.717) is 51.1 Å². The third-order valence-electron chi connectivity index (χ3n) is 6.94. The van der Waals surface area contributed by atoms with E-state index in [1.807, 2.05) is 39.0 Å². The highest BCUT2D eigenvalue weighted by atomic mass is 16.5. The molecule has 2 fully saturated rings. The highest BCUT2D eigenvalue weighted by Crippen LogP contribution is 2.20. The molecular weight excluding hydrogens is 476 g/mol. The monoisotopic (exact) mass is 512 g/mol. The van der Waals surface area contributed by atoms with Crippen molar-refractivity contribution >= 4 is 34.6 Å². The first-order valence-electron chi connectivity index (χ1n) is 13.0. The van der Waals surface area contributed by atoms with Gasteiger partial charge in [0.25, 0.3) is 5.91 Å². The Kier molecular flexibility index (Phi) is 8.48. The number of ketones is 1. The van der Waals surface area contributed by atoms with Gasteiger partial charge in [0.05, 0.1) is 25.8 Å². The molecule has 4 rings (SSSR count). The van der Waals surface area contributed by atoms with Crippen molar-refractivity contribution in [2.75, 3.05) is 32.8 Å². The van der Waals surface area contributed by atoms with Crippen LogP contribution >= 0.6 is 0 Å². The van der Waals surface area contributed by atoms with E-state index in [9.17, 15) is 19.2 Å². The summed E-state index contributed by atoms with van der Waals surface area (Å²) in [6.45, 7) is 7.74. The van der Waals surface area contributed by atoms with Gasteiger partial charge in [0, 0.05) is 24.5 Å². The van der Waals surface area contributed by atoms with Crippen molar-refractivity contribution in [1.29, 1.82) is 0 Å². The number of Topliss-reactive ketones (excluding diaryl/α,β-unsaturated/α-hetero) is 1. The van der Waals surface area contributed by atoms with Crippen molar-refractivity contribution in [3.05, 3.63) is 36.1 Å². The maximum Gasteiger partial charge on any atom is 0.320 e. The van der Waals surface area contributed by atoms with Gasteiger partial charge in [0.2, 0.25) is 5.91 Å². The van der Waals surface area contributed by atoms with E-state index in [0.717, 1.165) is 5.39 Å². The molecule has 0 radical (unpaired) electrons. The second-order valence-electron chi connectivity index (χ2n) is 10.3. The van der Waals surface area contributed by atoms with E-state index in [4.69, 9.17) is 9.15 Å². The predicted molar refractivity (Wildman–Crippen MR) is 137 cm³/mol. The first kappa shape index (κ1) is 26.7. The third-order valence-corrected chi connectivity index (χ3v) is 6.94.